The van der Waals surface area contributed by atoms with Crippen LogP contribution in [0.5, 0.6) is 0 Å². The molecule has 0 saturated heterocycles. The van der Waals surface area contributed by atoms with E-state index in [1.807, 2.05) is 12.1 Å². The minimum absolute atomic E-state index is 0.0780. The fourth-order valence-corrected chi connectivity index (χ4v) is 2.07. The molecule has 3 nitrogen and oxygen atoms in total. The normalized spacial score (nSPS) is 15.8. The number of nitrogens with one attached hydrogen (secondary N) is 1. The molecule has 2 rings (SSSR count). The van der Waals surface area contributed by atoms with Crippen LogP contribution in [0.3, 0.4) is 0 Å². The summed E-state index contributed by atoms with van der Waals surface area (Å²) in [5.41, 5.74) is 9.27. The van der Waals surface area contributed by atoms with Gasteiger partial charge in [-0.15, -0.1) is 0 Å². The van der Waals surface area contributed by atoms with Crippen LogP contribution in [0.1, 0.15) is 43.4 Å². The molecule has 1 aliphatic heterocycles. The van der Waals surface area contributed by atoms with Crippen LogP contribution in [0.4, 0.5) is 5.69 Å². The van der Waals surface area contributed by atoms with Crippen molar-refractivity contribution in [2.75, 3.05) is 5.32 Å². The molecule has 3 heteroatoms. The fourth-order valence-electron chi connectivity index (χ4n) is 2.07. The molecule has 16 heavy (non-hydrogen) atoms. The maximum absolute atomic E-state index is 11.2. The Labute approximate surface area is 96.0 Å². The molecular weight excluding hydrogens is 200 g/mol. The van der Waals surface area contributed by atoms with Crippen LogP contribution in [-0.2, 0) is 11.2 Å². The lowest BCUT2D eigenvalue weighted by Gasteiger charge is -2.12. The second kappa shape index (κ2) is 4.66. The smallest absolute Gasteiger partial charge is 0.228 e. The average molecular weight is 218 g/mol. The summed E-state index contributed by atoms with van der Waals surface area (Å²) in [6, 6.07) is 6.14. The number of fused-ring (bicyclic) bond motifs is 1. The largest absolute Gasteiger partial charge is 0.326 e. The predicted molar refractivity (Wildman–Crippen MR) is 65.2 cm³/mol. The third kappa shape index (κ3) is 2.25. The van der Waals surface area contributed by atoms with Crippen molar-refractivity contribution in [2.45, 2.75) is 38.6 Å². The molecule has 0 saturated carbocycles. The molecule has 1 heterocycles. The number of benzene rings is 1. The van der Waals surface area contributed by atoms with Crippen molar-refractivity contribution >= 4 is 11.6 Å². The lowest BCUT2D eigenvalue weighted by molar-refractivity contribution is -0.115. The van der Waals surface area contributed by atoms with Crippen molar-refractivity contribution in [3.8, 4) is 0 Å². The number of hydrogen-bond donors (Lipinski definition) is 2. The molecule has 86 valence electrons. The van der Waals surface area contributed by atoms with E-state index in [1.165, 1.54) is 6.42 Å². The van der Waals surface area contributed by atoms with Gasteiger partial charge in [-0.1, -0.05) is 31.9 Å². The quantitative estimate of drug-likeness (QED) is 0.815. The van der Waals surface area contributed by atoms with Crippen LogP contribution in [0.15, 0.2) is 18.2 Å². The molecular formula is C13H18N2O. The van der Waals surface area contributed by atoms with Crippen molar-refractivity contribution in [3.05, 3.63) is 29.3 Å². The van der Waals surface area contributed by atoms with Gasteiger partial charge in [-0.2, -0.15) is 0 Å². The van der Waals surface area contributed by atoms with E-state index in [-0.39, 0.29) is 11.9 Å². The third-order valence-corrected chi connectivity index (χ3v) is 3.05. The molecule has 1 amide bonds. The number of amides is 1. The van der Waals surface area contributed by atoms with E-state index in [0.717, 1.165) is 29.7 Å². The lowest BCUT2D eigenvalue weighted by Crippen LogP contribution is -2.10. The van der Waals surface area contributed by atoms with Gasteiger partial charge in [0.25, 0.3) is 0 Å². The third-order valence-electron chi connectivity index (χ3n) is 3.05. The Morgan fingerprint density at radius 2 is 2.31 bits per heavy atom. The Bertz CT molecular complexity index is 401. The van der Waals surface area contributed by atoms with Gasteiger partial charge < -0.3 is 11.1 Å². The van der Waals surface area contributed by atoms with Gasteiger partial charge in [0.15, 0.2) is 0 Å². The topological polar surface area (TPSA) is 55.1 Å². The Morgan fingerprint density at radius 1 is 1.50 bits per heavy atom. The summed E-state index contributed by atoms with van der Waals surface area (Å²) in [5.74, 6) is 0.0780. The number of carbonyl (C=O) groups excluding carboxylic acids is 1. The highest BCUT2D eigenvalue weighted by Gasteiger charge is 2.18. The number of hydrogen-bond acceptors (Lipinski definition) is 2. The Balaban J connectivity index is 2.12. The molecule has 0 fully saturated rings. The van der Waals surface area contributed by atoms with Crippen LogP contribution >= 0.6 is 0 Å². The zero-order valence-electron chi connectivity index (χ0n) is 9.62. The number of unbranched alkanes of at least 4 members (excludes halogenated alkanes) is 1. The minimum atomic E-state index is 0.0780. The van der Waals surface area contributed by atoms with Crippen LogP contribution in [0.2, 0.25) is 0 Å². The lowest BCUT2D eigenvalue weighted by atomic mass is 9.99. The van der Waals surface area contributed by atoms with Gasteiger partial charge in [0.1, 0.15) is 0 Å². The highest BCUT2D eigenvalue weighted by atomic mass is 16.1. The standard InChI is InChI=1S/C13H18N2O/c1-2-3-4-11(14)9-5-6-12-10(7-9)8-13(16)15-12/h5-7,11H,2-4,8,14H2,1H3,(H,15,16). The first kappa shape index (κ1) is 11.1. The summed E-state index contributed by atoms with van der Waals surface area (Å²) in [6.07, 6.45) is 3.81. The summed E-state index contributed by atoms with van der Waals surface area (Å²) in [7, 11) is 0. The van der Waals surface area contributed by atoms with E-state index in [2.05, 4.69) is 18.3 Å². The molecule has 1 aromatic carbocycles. The van der Waals surface area contributed by atoms with Crippen LogP contribution in [-0.4, -0.2) is 5.91 Å². The average Bonchev–Trinajstić information content (AvgIpc) is 2.64. The Hall–Kier alpha value is -1.35. The molecule has 1 aromatic rings. The maximum Gasteiger partial charge on any atom is 0.228 e. The first-order valence-electron chi connectivity index (χ1n) is 5.89. The summed E-state index contributed by atoms with van der Waals surface area (Å²) in [4.78, 5) is 11.2. The van der Waals surface area contributed by atoms with Crippen molar-refractivity contribution in [1.29, 1.82) is 0 Å². The van der Waals surface area contributed by atoms with Gasteiger partial charge >= 0.3 is 0 Å². The molecule has 0 aromatic heterocycles. The highest BCUT2D eigenvalue weighted by Crippen LogP contribution is 2.27. The SMILES string of the molecule is CCCCC(N)c1ccc2c(c1)CC(=O)N2. The number of anilines is 1. The van der Waals surface area contributed by atoms with E-state index in [0.29, 0.717) is 6.42 Å². The van der Waals surface area contributed by atoms with Gasteiger partial charge in [-0.25, -0.2) is 0 Å². The summed E-state index contributed by atoms with van der Waals surface area (Å²) < 4.78 is 0. The summed E-state index contributed by atoms with van der Waals surface area (Å²) in [5, 5.41) is 2.83. The van der Waals surface area contributed by atoms with E-state index in [1.54, 1.807) is 0 Å². The van der Waals surface area contributed by atoms with Gasteiger partial charge in [0, 0.05) is 11.7 Å². The molecule has 0 spiro atoms. The monoisotopic (exact) mass is 218 g/mol. The number of rotatable bonds is 4. The fraction of sp³-hybridized carbons (Fsp3) is 0.462. The molecule has 0 aliphatic carbocycles. The first-order valence-corrected chi connectivity index (χ1v) is 5.89. The van der Waals surface area contributed by atoms with Gasteiger partial charge in [0.05, 0.1) is 6.42 Å². The zero-order chi connectivity index (χ0) is 11.5. The molecule has 1 atom stereocenters. The molecule has 3 N–H and O–H groups in total. The van der Waals surface area contributed by atoms with E-state index in [9.17, 15) is 4.79 Å². The maximum atomic E-state index is 11.2. The summed E-state index contributed by atoms with van der Waals surface area (Å²) in [6.45, 7) is 2.16. The predicted octanol–water partition coefficient (Wildman–Crippen LogP) is 2.37. The van der Waals surface area contributed by atoms with Crippen LogP contribution in [0.25, 0.3) is 0 Å². The van der Waals surface area contributed by atoms with E-state index in [4.69, 9.17) is 5.73 Å². The van der Waals surface area contributed by atoms with Crippen molar-refractivity contribution in [3.63, 3.8) is 0 Å². The van der Waals surface area contributed by atoms with Crippen LogP contribution in [0, 0.1) is 0 Å². The zero-order valence-corrected chi connectivity index (χ0v) is 9.62. The molecule has 1 unspecified atom stereocenters. The highest BCUT2D eigenvalue weighted by molar-refractivity contribution is 5.99. The summed E-state index contributed by atoms with van der Waals surface area (Å²) >= 11 is 0. The Kier molecular flexibility index (Phi) is 3.25. The second-order valence-corrected chi connectivity index (χ2v) is 4.39. The van der Waals surface area contributed by atoms with Gasteiger partial charge in [-0.3, -0.25) is 4.79 Å². The minimum Gasteiger partial charge on any atom is -0.326 e. The number of nitrogens with two attached hydrogens (primary N) is 1. The van der Waals surface area contributed by atoms with Crippen molar-refractivity contribution < 1.29 is 4.79 Å². The van der Waals surface area contributed by atoms with E-state index >= 15 is 0 Å². The van der Waals surface area contributed by atoms with Crippen molar-refractivity contribution in [2.24, 2.45) is 5.73 Å². The number of carbonyl (C=O) groups is 1. The van der Waals surface area contributed by atoms with Gasteiger partial charge in [0.2, 0.25) is 5.91 Å². The second-order valence-electron chi connectivity index (χ2n) is 4.39. The molecule has 0 bridgehead atoms. The van der Waals surface area contributed by atoms with Crippen molar-refractivity contribution in [1.82, 2.24) is 0 Å². The Morgan fingerprint density at radius 3 is 3.06 bits per heavy atom. The van der Waals surface area contributed by atoms with Crippen LogP contribution < -0.4 is 11.1 Å². The van der Waals surface area contributed by atoms with E-state index < -0.39 is 0 Å². The first-order chi connectivity index (χ1) is 7.70. The molecule has 1 aliphatic rings. The van der Waals surface area contributed by atoms with Gasteiger partial charge in [-0.05, 0) is 23.6 Å². The molecule has 0 radical (unpaired) electrons.